The molecule has 28 heavy (non-hydrogen) atoms. The summed E-state index contributed by atoms with van der Waals surface area (Å²) < 4.78 is 31.7. The van der Waals surface area contributed by atoms with E-state index in [1.54, 1.807) is 24.4 Å². The average molecular weight is 421 g/mol. The van der Waals surface area contributed by atoms with E-state index >= 15 is 0 Å². The highest BCUT2D eigenvalue weighted by Crippen LogP contribution is 2.30. The number of thiazole rings is 1. The van der Waals surface area contributed by atoms with E-state index < -0.39 is 10.0 Å². The number of ether oxygens (including phenoxy) is 1. The van der Waals surface area contributed by atoms with Gasteiger partial charge in [0, 0.05) is 25.5 Å². The Hall–Kier alpha value is -2.60. The first-order chi connectivity index (χ1) is 13.4. The van der Waals surface area contributed by atoms with E-state index in [-0.39, 0.29) is 11.4 Å². The number of rotatable bonds is 8. The van der Waals surface area contributed by atoms with Crippen molar-refractivity contribution >= 4 is 38.1 Å². The molecule has 0 spiro atoms. The van der Waals surface area contributed by atoms with Crippen molar-refractivity contribution in [3.8, 4) is 10.6 Å². The van der Waals surface area contributed by atoms with Gasteiger partial charge in [0.15, 0.2) is 5.13 Å². The summed E-state index contributed by atoms with van der Waals surface area (Å²) in [5.74, 6) is 0.387. The number of benzene rings is 1. The van der Waals surface area contributed by atoms with Crippen molar-refractivity contribution in [3.05, 3.63) is 42.2 Å². The molecule has 4 N–H and O–H groups in total. The summed E-state index contributed by atoms with van der Waals surface area (Å²) in [5.41, 5.74) is 7.94. The molecule has 9 nitrogen and oxygen atoms in total. The highest BCUT2D eigenvalue weighted by molar-refractivity contribution is 7.89. The summed E-state index contributed by atoms with van der Waals surface area (Å²) in [6.07, 6.45) is 1.64. The number of sulfonamides is 1. The number of methoxy groups -OCH3 is 1. The number of hydrogen-bond acceptors (Lipinski definition) is 9. The lowest BCUT2D eigenvalue weighted by molar-refractivity contribution is 0.204. The van der Waals surface area contributed by atoms with Gasteiger partial charge in [-0.25, -0.2) is 28.1 Å². The largest absolute Gasteiger partial charge is 0.383 e. The van der Waals surface area contributed by atoms with E-state index in [1.807, 2.05) is 6.92 Å². The van der Waals surface area contributed by atoms with Gasteiger partial charge in [-0.1, -0.05) is 11.3 Å². The van der Waals surface area contributed by atoms with Crippen LogP contribution in [0.4, 0.5) is 16.8 Å². The van der Waals surface area contributed by atoms with E-state index in [1.165, 1.54) is 30.6 Å². The minimum atomic E-state index is -3.57. The topological polar surface area (TPSA) is 132 Å². The summed E-state index contributed by atoms with van der Waals surface area (Å²) in [7, 11) is -2.06. The fraction of sp³-hybridized carbons (Fsp3) is 0.235. The highest BCUT2D eigenvalue weighted by atomic mass is 32.2. The Bertz CT molecular complexity index is 1050. The lowest BCUT2D eigenvalue weighted by Gasteiger charge is -2.09. The molecule has 0 aliphatic rings. The first-order valence-corrected chi connectivity index (χ1v) is 10.6. The third kappa shape index (κ3) is 4.81. The quantitative estimate of drug-likeness (QED) is 0.472. The number of nitrogens with zero attached hydrogens (tertiary/aromatic N) is 3. The molecule has 3 rings (SSSR count). The van der Waals surface area contributed by atoms with Crippen molar-refractivity contribution in [2.75, 3.05) is 31.3 Å². The van der Waals surface area contributed by atoms with E-state index in [9.17, 15) is 8.42 Å². The number of anilines is 3. The number of nitrogens with two attached hydrogens (primary N) is 1. The van der Waals surface area contributed by atoms with Gasteiger partial charge in [-0.05, 0) is 37.3 Å². The second-order valence-corrected chi connectivity index (χ2v) is 8.57. The van der Waals surface area contributed by atoms with Crippen molar-refractivity contribution in [1.29, 1.82) is 0 Å². The zero-order chi connectivity index (χ0) is 20.1. The van der Waals surface area contributed by atoms with Crippen molar-refractivity contribution in [2.24, 2.45) is 0 Å². The molecule has 0 unspecified atom stereocenters. The molecule has 3 aromatic rings. The predicted octanol–water partition coefficient (Wildman–Crippen LogP) is 2.16. The zero-order valence-electron chi connectivity index (χ0n) is 15.3. The molecular formula is C17H20N6O3S2. The number of nitrogens with one attached hydrogen (secondary N) is 2. The standard InChI is InChI=1S/C17H20N6O3S2/c1-11-15(27-16(18)21-11)14-7-8-19-17(23-14)22-12-3-5-13(6-4-12)28(24,25)20-9-10-26-2/h3-8,20H,9-10H2,1-2H3,(H2,18,21)(H,19,22,23). The van der Waals surface area contributed by atoms with E-state index in [0.29, 0.717) is 29.1 Å². The summed E-state index contributed by atoms with van der Waals surface area (Å²) in [4.78, 5) is 13.9. The summed E-state index contributed by atoms with van der Waals surface area (Å²) in [6.45, 7) is 2.38. The van der Waals surface area contributed by atoms with Crippen LogP contribution in [0.3, 0.4) is 0 Å². The molecule has 0 aliphatic heterocycles. The number of nitrogen functional groups attached to an aromatic ring is 1. The number of aromatic nitrogens is 3. The molecular weight excluding hydrogens is 400 g/mol. The van der Waals surface area contributed by atoms with Crippen LogP contribution in [0.2, 0.25) is 0 Å². The lowest BCUT2D eigenvalue weighted by atomic mass is 10.3. The minimum Gasteiger partial charge on any atom is -0.383 e. The molecule has 11 heteroatoms. The van der Waals surface area contributed by atoms with Gasteiger partial charge in [-0.2, -0.15) is 0 Å². The van der Waals surface area contributed by atoms with Gasteiger partial charge in [-0.15, -0.1) is 0 Å². The van der Waals surface area contributed by atoms with E-state index in [0.717, 1.165) is 10.6 Å². The van der Waals surface area contributed by atoms with Crippen molar-refractivity contribution in [3.63, 3.8) is 0 Å². The normalized spacial score (nSPS) is 11.5. The molecule has 0 saturated heterocycles. The Kier molecular flexibility index (Phi) is 6.19. The van der Waals surface area contributed by atoms with Gasteiger partial charge in [0.05, 0.1) is 27.8 Å². The van der Waals surface area contributed by atoms with Gasteiger partial charge < -0.3 is 15.8 Å². The van der Waals surface area contributed by atoms with Crippen LogP contribution in [-0.2, 0) is 14.8 Å². The van der Waals surface area contributed by atoms with Gasteiger partial charge in [0.2, 0.25) is 16.0 Å². The molecule has 0 saturated carbocycles. The summed E-state index contributed by atoms with van der Waals surface area (Å²) in [5, 5.41) is 3.55. The van der Waals surface area contributed by atoms with Crippen LogP contribution in [0, 0.1) is 6.92 Å². The van der Waals surface area contributed by atoms with Crippen LogP contribution in [0.1, 0.15) is 5.69 Å². The zero-order valence-corrected chi connectivity index (χ0v) is 17.0. The number of hydrogen-bond donors (Lipinski definition) is 3. The molecule has 2 heterocycles. The number of aryl methyl sites for hydroxylation is 1. The third-order valence-electron chi connectivity index (χ3n) is 3.72. The highest BCUT2D eigenvalue weighted by Gasteiger charge is 2.14. The van der Waals surface area contributed by atoms with E-state index in [4.69, 9.17) is 10.5 Å². The Morgan fingerprint density at radius 2 is 1.93 bits per heavy atom. The van der Waals surface area contributed by atoms with Crippen LogP contribution < -0.4 is 15.8 Å². The van der Waals surface area contributed by atoms with Crippen molar-refractivity contribution < 1.29 is 13.2 Å². The maximum absolute atomic E-state index is 12.2. The Balaban J connectivity index is 1.74. The van der Waals surface area contributed by atoms with Crippen LogP contribution >= 0.6 is 11.3 Å². The van der Waals surface area contributed by atoms with E-state index in [2.05, 4.69) is 25.0 Å². The van der Waals surface area contributed by atoms with Crippen molar-refractivity contribution in [1.82, 2.24) is 19.7 Å². The molecule has 0 fully saturated rings. The SMILES string of the molecule is COCCNS(=O)(=O)c1ccc(Nc2nccc(-c3sc(N)nc3C)n2)cc1. The first kappa shape index (κ1) is 20.1. The maximum Gasteiger partial charge on any atom is 0.240 e. The molecule has 148 valence electrons. The van der Waals surface area contributed by atoms with Crippen molar-refractivity contribution in [2.45, 2.75) is 11.8 Å². The molecule has 0 atom stereocenters. The van der Waals surface area contributed by atoms with Crippen LogP contribution in [0.15, 0.2) is 41.4 Å². The fourth-order valence-electron chi connectivity index (χ4n) is 2.41. The Labute approximate surface area is 167 Å². The second kappa shape index (κ2) is 8.61. The fourth-order valence-corrected chi connectivity index (χ4v) is 4.22. The molecule has 0 bridgehead atoms. The minimum absolute atomic E-state index is 0.166. The average Bonchev–Trinajstić information content (AvgIpc) is 3.01. The summed E-state index contributed by atoms with van der Waals surface area (Å²) >= 11 is 1.36. The molecule has 2 aromatic heterocycles. The molecule has 1 aromatic carbocycles. The van der Waals surface area contributed by atoms with Gasteiger partial charge in [-0.3, -0.25) is 0 Å². The predicted molar refractivity (Wildman–Crippen MR) is 109 cm³/mol. The maximum atomic E-state index is 12.2. The van der Waals surface area contributed by atoms with Gasteiger partial charge in [0.1, 0.15) is 0 Å². The molecule has 0 amide bonds. The summed E-state index contributed by atoms with van der Waals surface area (Å²) in [6, 6.07) is 8.10. The lowest BCUT2D eigenvalue weighted by Crippen LogP contribution is -2.27. The third-order valence-corrected chi connectivity index (χ3v) is 6.21. The molecule has 0 radical (unpaired) electrons. The Morgan fingerprint density at radius 3 is 2.57 bits per heavy atom. The smallest absolute Gasteiger partial charge is 0.240 e. The van der Waals surface area contributed by atoms with Crippen LogP contribution in [-0.4, -0.2) is 43.6 Å². The van der Waals surface area contributed by atoms with Gasteiger partial charge >= 0.3 is 0 Å². The Morgan fingerprint density at radius 1 is 1.18 bits per heavy atom. The monoisotopic (exact) mass is 420 g/mol. The van der Waals surface area contributed by atoms with Crippen LogP contribution in [0.5, 0.6) is 0 Å². The van der Waals surface area contributed by atoms with Gasteiger partial charge in [0.25, 0.3) is 0 Å². The van der Waals surface area contributed by atoms with Crippen LogP contribution in [0.25, 0.3) is 10.6 Å². The first-order valence-electron chi connectivity index (χ1n) is 8.31. The molecule has 0 aliphatic carbocycles. The second-order valence-electron chi connectivity index (χ2n) is 5.77.